The maximum absolute atomic E-state index is 13.6. The van der Waals surface area contributed by atoms with Crippen LogP contribution in [0.1, 0.15) is 26.3 Å². The molecule has 2 atom stereocenters. The summed E-state index contributed by atoms with van der Waals surface area (Å²) in [6.07, 6.45) is 0. The Labute approximate surface area is 161 Å². The van der Waals surface area contributed by atoms with Crippen LogP contribution in [0.4, 0.5) is 10.1 Å². The van der Waals surface area contributed by atoms with Crippen LogP contribution in [0.15, 0.2) is 28.8 Å². The molecular weight excluding hydrogens is 367 g/mol. The Bertz CT molecular complexity index is 911. The van der Waals surface area contributed by atoms with Crippen LogP contribution in [-0.4, -0.2) is 17.1 Å². The lowest BCUT2D eigenvalue weighted by Crippen LogP contribution is -2.45. The number of amides is 2. The van der Waals surface area contributed by atoms with Gasteiger partial charge in [-0.3, -0.25) is 9.59 Å². The number of allylic oxidation sites excluding steroid dienone is 1. The second-order valence-corrected chi connectivity index (χ2v) is 8.15. The quantitative estimate of drug-likeness (QED) is 0.826. The second kappa shape index (κ2) is 7.81. The molecule has 1 aromatic rings. The monoisotopic (exact) mass is 386 g/mol. The maximum Gasteiger partial charge on any atom is 0.243 e. The molecule has 27 heavy (non-hydrogen) atoms. The molecule has 1 heterocycles. The first kappa shape index (κ1) is 20.5. The third kappa shape index (κ3) is 4.12. The van der Waals surface area contributed by atoms with Gasteiger partial charge in [0, 0.05) is 11.1 Å². The van der Waals surface area contributed by atoms with Crippen molar-refractivity contribution >= 4 is 29.3 Å². The summed E-state index contributed by atoms with van der Waals surface area (Å²) in [4.78, 5) is 24.6. The van der Waals surface area contributed by atoms with Gasteiger partial charge < -0.3 is 10.6 Å². The van der Waals surface area contributed by atoms with Crippen molar-refractivity contribution in [3.8, 4) is 12.1 Å². The molecule has 0 saturated carbocycles. The fraction of sp³-hybridized carbons (Fsp3) is 0.368. The van der Waals surface area contributed by atoms with Crippen LogP contribution >= 0.6 is 11.8 Å². The van der Waals surface area contributed by atoms with Crippen LogP contribution in [0, 0.1) is 46.7 Å². The van der Waals surface area contributed by atoms with E-state index in [-0.39, 0.29) is 10.6 Å². The molecule has 1 aromatic carbocycles. The molecule has 0 unspecified atom stereocenters. The number of nitrogens with one attached hydrogen (secondary N) is 2. The first-order valence-electron chi connectivity index (χ1n) is 8.20. The topological polar surface area (TPSA) is 106 Å². The fourth-order valence-electron chi connectivity index (χ4n) is 2.66. The molecule has 1 aliphatic rings. The molecule has 0 aliphatic carbocycles. The standard InChI is InChI=1S/C19H19FN4O2S/c1-10-5-6-12(7-15(10)20)23-16(25)11(2)27-18-14(9-22)19(3,4)13(8-21)17(26)24-18/h5-7,11,13H,1-4H3,(H,23,25)(H,24,26)/t11-,13+/m1/s1. The molecule has 0 fully saturated rings. The number of hydrogen-bond donors (Lipinski definition) is 2. The highest BCUT2D eigenvalue weighted by Gasteiger charge is 2.45. The number of nitriles is 2. The fourth-order valence-corrected chi connectivity index (χ4v) is 3.76. The third-order valence-electron chi connectivity index (χ3n) is 4.44. The van der Waals surface area contributed by atoms with Gasteiger partial charge in [-0.1, -0.05) is 31.7 Å². The van der Waals surface area contributed by atoms with Crippen LogP contribution in [-0.2, 0) is 9.59 Å². The van der Waals surface area contributed by atoms with Crippen molar-refractivity contribution in [3.05, 3.63) is 40.2 Å². The Morgan fingerprint density at radius 2 is 2.07 bits per heavy atom. The zero-order chi connectivity index (χ0) is 20.4. The number of rotatable bonds is 4. The number of anilines is 1. The van der Waals surface area contributed by atoms with Gasteiger partial charge in [0.05, 0.1) is 28.0 Å². The van der Waals surface area contributed by atoms with Gasteiger partial charge in [0.15, 0.2) is 0 Å². The molecule has 140 valence electrons. The summed E-state index contributed by atoms with van der Waals surface area (Å²) in [5, 5.41) is 23.5. The van der Waals surface area contributed by atoms with Gasteiger partial charge in [0.1, 0.15) is 11.7 Å². The molecule has 2 rings (SSSR count). The Balaban J connectivity index is 2.21. The van der Waals surface area contributed by atoms with E-state index in [1.165, 1.54) is 6.07 Å². The minimum absolute atomic E-state index is 0.250. The second-order valence-electron chi connectivity index (χ2n) is 6.80. The molecule has 1 aliphatic heterocycles. The summed E-state index contributed by atoms with van der Waals surface area (Å²) in [7, 11) is 0. The Hall–Kier alpha value is -2.84. The lowest BCUT2D eigenvalue weighted by Gasteiger charge is -2.35. The van der Waals surface area contributed by atoms with Gasteiger partial charge in [0.2, 0.25) is 11.8 Å². The van der Waals surface area contributed by atoms with Gasteiger partial charge in [-0.2, -0.15) is 10.5 Å². The summed E-state index contributed by atoms with van der Waals surface area (Å²) in [5.41, 5.74) is 0.0745. The van der Waals surface area contributed by atoms with E-state index >= 15 is 0 Å². The van der Waals surface area contributed by atoms with E-state index < -0.39 is 34.2 Å². The van der Waals surface area contributed by atoms with E-state index in [4.69, 9.17) is 0 Å². The highest BCUT2D eigenvalue weighted by Crippen LogP contribution is 2.42. The SMILES string of the molecule is Cc1ccc(NC(=O)[C@@H](C)SC2=C(C#N)C(C)(C)[C@@H](C#N)C(=O)N2)cc1F. The normalized spacial score (nSPS) is 19.5. The summed E-state index contributed by atoms with van der Waals surface area (Å²) in [6.45, 7) is 6.54. The smallest absolute Gasteiger partial charge is 0.243 e. The van der Waals surface area contributed by atoms with Crippen molar-refractivity contribution in [3.63, 3.8) is 0 Å². The van der Waals surface area contributed by atoms with E-state index in [2.05, 4.69) is 10.6 Å². The van der Waals surface area contributed by atoms with Gasteiger partial charge in [-0.05, 0) is 31.5 Å². The Morgan fingerprint density at radius 1 is 1.41 bits per heavy atom. The number of aryl methyl sites for hydroxylation is 1. The number of carbonyl (C=O) groups excluding carboxylic acids is 2. The molecule has 2 N–H and O–H groups in total. The number of benzene rings is 1. The first-order valence-corrected chi connectivity index (χ1v) is 9.08. The number of halogens is 1. The van der Waals surface area contributed by atoms with Crippen molar-refractivity contribution in [2.75, 3.05) is 5.32 Å². The van der Waals surface area contributed by atoms with Crippen molar-refractivity contribution in [1.82, 2.24) is 5.32 Å². The van der Waals surface area contributed by atoms with E-state index in [0.717, 1.165) is 11.8 Å². The number of carbonyl (C=O) groups is 2. The average Bonchev–Trinajstić information content (AvgIpc) is 2.57. The molecule has 0 saturated heterocycles. The van der Waals surface area contributed by atoms with Gasteiger partial charge in [0.25, 0.3) is 0 Å². The van der Waals surface area contributed by atoms with Crippen LogP contribution < -0.4 is 10.6 Å². The predicted molar refractivity (Wildman–Crippen MR) is 100 cm³/mol. The zero-order valence-electron chi connectivity index (χ0n) is 15.4. The summed E-state index contributed by atoms with van der Waals surface area (Å²) < 4.78 is 13.6. The molecule has 0 spiro atoms. The average molecular weight is 386 g/mol. The molecule has 0 aromatic heterocycles. The first-order chi connectivity index (χ1) is 12.6. The Morgan fingerprint density at radius 3 is 2.63 bits per heavy atom. The lowest BCUT2D eigenvalue weighted by molar-refractivity contribution is -0.125. The molecule has 8 heteroatoms. The molecule has 0 radical (unpaired) electrons. The minimum Gasteiger partial charge on any atom is -0.325 e. The molecule has 6 nitrogen and oxygen atoms in total. The summed E-state index contributed by atoms with van der Waals surface area (Å²) in [6, 6.07) is 8.36. The van der Waals surface area contributed by atoms with E-state index in [1.807, 2.05) is 12.1 Å². The van der Waals surface area contributed by atoms with E-state index in [1.54, 1.807) is 39.8 Å². The molecule has 2 amide bonds. The van der Waals surface area contributed by atoms with Crippen molar-refractivity contribution < 1.29 is 14.0 Å². The molecule has 0 bridgehead atoms. The van der Waals surface area contributed by atoms with Crippen LogP contribution in [0.25, 0.3) is 0 Å². The summed E-state index contributed by atoms with van der Waals surface area (Å²) >= 11 is 1.02. The van der Waals surface area contributed by atoms with Crippen LogP contribution in [0.2, 0.25) is 0 Å². The highest BCUT2D eigenvalue weighted by atomic mass is 32.2. The van der Waals surface area contributed by atoms with Gasteiger partial charge in [-0.15, -0.1) is 0 Å². The highest BCUT2D eigenvalue weighted by molar-refractivity contribution is 8.04. The number of hydrogen-bond acceptors (Lipinski definition) is 5. The number of thioether (sulfide) groups is 1. The van der Waals surface area contributed by atoms with Crippen LogP contribution in [0.3, 0.4) is 0 Å². The van der Waals surface area contributed by atoms with Crippen molar-refractivity contribution in [2.45, 2.75) is 32.9 Å². The Kier molecular flexibility index (Phi) is 5.92. The summed E-state index contributed by atoms with van der Waals surface area (Å²) in [5.74, 6) is -2.32. The predicted octanol–water partition coefficient (Wildman–Crippen LogP) is 3.23. The van der Waals surface area contributed by atoms with Crippen molar-refractivity contribution in [2.24, 2.45) is 11.3 Å². The largest absolute Gasteiger partial charge is 0.325 e. The number of nitrogens with zero attached hydrogens (tertiary/aromatic N) is 2. The molecular formula is C19H19FN4O2S. The zero-order valence-corrected chi connectivity index (χ0v) is 16.2. The lowest BCUT2D eigenvalue weighted by atomic mass is 9.72. The van der Waals surface area contributed by atoms with E-state index in [0.29, 0.717) is 11.3 Å². The van der Waals surface area contributed by atoms with Crippen molar-refractivity contribution in [1.29, 1.82) is 10.5 Å². The van der Waals surface area contributed by atoms with E-state index in [9.17, 15) is 24.5 Å². The van der Waals surface area contributed by atoms with Gasteiger partial charge in [-0.25, -0.2) is 4.39 Å². The van der Waals surface area contributed by atoms with Gasteiger partial charge >= 0.3 is 0 Å². The van der Waals surface area contributed by atoms with Crippen LogP contribution in [0.5, 0.6) is 0 Å². The maximum atomic E-state index is 13.6. The third-order valence-corrected chi connectivity index (χ3v) is 5.55. The minimum atomic E-state index is -0.990.